The van der Waals surface area contributed by atoms with E-state index < -0.39 is 15.8 Å². The number of anilines is 1. The van der Waals surface area contributed by atoms with Gasteiger partial charge in [0.05, 0.1) is 16.5 Å². The number of sulfonamides is 1. The van der Waals surface area contributed by atoms with Crippen LogP contribution in [0.3, 0.4) is 0 Å². The van der Waals surface area contributed by atoms with Crippen LogP contribution in [-0.4, -0.2) is 27.3 Å². The fourth-order valence-corrected chi connectivity index (χ4v) is 2.66. The monoisotopic (exact) mass is 294 g/mol. The molecule has 0 saturated heterocycles. The molecular weight excluding hydrogens is 279 g/mol. The predicted octanol–water partition coefficient (Wildman–Crippen LogP) is 2.22. The van der Waals surface area contributed by atoms with Gasteiger partial charge in [0.25, 0.3) is 0 Å². The second kappa shape index (κ2) is 6.92. The van der Waals surface area contributed by atoms with Crippen molar-refractivity contribution in [1.82, 2.24) is 5.32 Å². The predicted molar refractivity (Wildman–Crippen MR) is 72.0 cm³/mol. The number of halogens is 2. The van der Waals surface area contributed by atoms with E-state index in [-0.39, 0.29) is 16.5 Å². The molecule has 0 radical (unpaired) electrons. The summed E-state index contributed by atoms with van der Waals surface area (Å²) in [6.45, 7) is 3.33. The van der Waals surface area contributed by atoms with Crippen LogP contribution < -0.4 is 10.0 Å². The first-order chi connectivity index (χ1) is 8.46. The minimum atomic E-state index is -3.54. The lowest BCUT2D eigenvalue weighted by molar-refractivity contribution is 0.593. The number of rotatable bonds is 7. The smallest absolute Gasteiger partial charge is 0.232 e. The Morgan fingerprint density at radius 1 is 1.39 bits per heavy atom. The summed E-state index contributed by atoms with van der Waals surface area (Å²) < 4.78 is 39.0. The maximum Gasteiger partial charge on any atom is 0.232 e. The highest BCUT2D eigenvalue weighted by molar-refractivity contribution is 7.92. The summed E-state index contributed by atoms with van der Waals surface area (Å²) in [5.74, 6) is -0.819. The van der Waals surface area contributed by atoms with Crippen LogP contribution in [0.1, 0.15) is 13.3 Å². The van der Waals surface area contributed by atoms with Crippen LogP contribution >= 0.6 is 11.6 Å². The van der Waals surface area contributed by atoms with Crippen LogP contribution in [0.15, 0.2) is 18.2 Å². The standard InChI is InChI=1S/C11H16ClFN2O2S/c1-2-14-7-4-8-18(16,17)15-10-6-3-5-9(12)11(10)13/h3,5-6,14-15H,2,4,7-8H2,1H3. The van der Waals surface area contributed by atoms with E-state index in [9.17, 15) is 12.8 Å². The lowest BCUT2D eigenvalue weighted by atomic mass is 10.3. The maximum atomic E-state index is 13.5. The molecule has 0 atom stereocenters. The molecule has 0 spiro atoms. The third kappa shape index (κ3) is 4.80. The van der Waals surface area contributed by atoms with E-state index in [2.05, 4.69) is 10.0 Å². The lowest BCUT2D eigenvalue weighted by Gasteiger charge is -2.09. The van der Waals surface area contributed by atoms with Gasteiger partial charge in [-0.2, -0.15) is 0 Å². The summed E-state index contributed by atoms with van der Waals surface area (Å²) in [6, 6.07) is 4.19. The van der Waals surface area contributed by atoms with Crippen molar-refractivity contribution in [2.24, 2.45) is 0 Å². The van der Waals surface area contributed by atoms with Gasteiger partial charge in [-0.3, -0.25) is 4.72 Å². The number of hydrogen-bond acceptors (Lipinski definition) is 3. The summed E-state index contributed by atoms with van der Waals surface area (Å²) in [5.41, 5.74) is -0.119. The van der Waals surface area contributed by atoms with Crippen LogP contribution in [0.5, 0.6) is 0 Å². The van der Waals surface area contributed by atoms with Crippen LogP contribution in [0, 0.1) is 5.82 Å². The van der Waals surface area contributed by atoms with E-state index >= 15 is 0 Å². The zero-order chi connectivity index (χ0) is 13.6. The molecule has 0 unspecified atom stereocenters. The molecule has 0 aliphatic carbocycles. The molecule has 18 heavy (non-hydrogen) atoms. The first kappa shape index (κ1) is 15.2. The fourth-order valence-electron chi connectivity index (χ4n) is 1.37. The van der Waals surface area contributed by atoms with Gasteiger partial charge in [-0.25, -0.2) is 12.8 Å². The molecule has 7 heteroatoms. The molecule has 1 aromatic rings. The van der Waals surface area contributed by atoms with Gasteiger partial charge in [0.15, 0.2) is 5.82 Å². The van der Waals surface area contributed by atoms with Gasteiger partial charge in [-0.05, 0) is 31.6 Å². The van der Waals surface area contributed by atoms with E-state index in [0.717, 1.165) is 6.54 Å². The average Bonchev–Trinajstić information content (AvgIpc) is 2.31. The van der Waals surface area contributed by atoms with E-state index in [1.54, 1.807) is 0 Å². The normalized spacial score (nSPS) is 11.5. The maximum absolute atomic E-state index is 13.5. The van der Waals surface area contributed by atoms with Gasteiger partial charge in [0, 0.05) is 0 Å². The Hall–Kier alpha value is -0.850. The largest absolute Gasteiger partial charge is 0.317 e. The number of hydrogen-bond donors (Lipinski definition) is 2. The molecule has 1 aromatic carbocycles. The average molecular weight is 295 g/mol. The first-order valence-electron chi connectivity index (χ1n) is 5.61. The van der Waals surface area contributed by atoms with Crippen molar-refractivity contribution in [1.29, 1.82) is 0 Å². The van der Waals surface area contributed by atoms with E-state index in [0.29, 0.717) is 13.0 Å². The Labute approximate surface area is 112 Å². The van der Waals surface area contributed by atoms with Crippen LogP contribution in [0.4, 0.5) is 10.1 Å². The van der Waals surface area contributed by atoms with Crippen LogP contribution in [-0.2, 0) is 10.0 Å². The molecule has 0 heterocycles. The zero-order valence-electron chi connectivity index (χ0n) is 10.0. The SMILES string of the molecule is CCNCCCS(=O)(=O)Nc1cccc(Cl)c1F. The number of nitrogens with one attached hydrogen (secondary N) is 2. The van der Waals surface area contributed by atoms with E-state index in [4.69, 9.17) is 11.6 Å². The van der Waals surface area contributed by atoms with Gasteiger partial charge < -0.3 is 5.32 Å². The third-order valence-electron chi connectivity index (χ3n) is 2.23. The van der Waals surface area contributed by atoms with Crippen molar-refractivity contribution in [2.75, 3.05) is 23.6 Å². The molecule has 4 nitrogen and oxygen atoms in total. The Morgan fingerprint density at radius 2 is 2.11 bits per heavy atom. The second-order valence-corrected chi connectivity index (χ2v) is 5.98. The number of benzene rings is 1. The van der Waals surface area contributed by atoms with Crippen molar-refractivity contribution >= 4 is 27.3 Å². The Morgan fingerprint density at radius 3 is 2.78 bits per heavy atom. The van der Waals surface area contributed by atoms with Crippen molar-refractivity contribution in [3.63, 3.8) is 0 Å². The van der Waals surface area contributed by atoms with Gasteiger partial charge in [0.1, 0.15) is 0 Å². The van der Waals surface area contributed by atoms with Crippen LogP contribution in [0.2, 0.25) is 5.02 Å². The van der Waals surface area contributed by atoms with E-state index in [1.165, 1.54) is 18.2 Å². The van der Waals surface area contributed by atoms with Gasteiger partial charge in [-0.1, -0.05) is 24.6 Å². The summed E-state index contributed by atoms with van der Waals surface area (Å²) in [7, 11) is -3.54. The van der Waals surface area contributed by atoms with Gasteiger partial charge in [0.2, 0.25) is 10.0 Å². The molecule has 0 saturated carbocycles. The molecular formula is C11H16ClFN2O2S. The summed E-state index contributed by atoms with van der Waals surface area (Å²) >= 11 is 5.57. The highest BCUT2D eigenvalue weighted by atomic mass is 35.5. The van der Waals surface area contributed by atoms with Crippen LogP contribution in [0.25, 0.3) is 0 Å². The molecule has 0 aromatic heterocycles. The van der Waals surface area contributed by atoms with Crippen molar-refractivity contribution in [2.45, 2.75) is 13.3 Å². The molecule has 0 amide bonds. The summed E-state index contributed by atoms with van der Waals surface area (Å²) in [6.07, 6.45) is 0.464. The highest BCUT2D eigenvalue weighted by Crippen LogP contribution is 2.22. The summed E-state index contributed by atoms with van der Waals surface area (Å²) in [4.78, 5) is 0. The summed E-state index contributed by atoms with van der Waals surface area (Å²) in [5, 5.41) is 2.91. The van der Waals surface area contributed by atoms with Gasteiger partial charge in [-0.15, -0.1) is 0 Å². The fraction of sp³-hybridized carbons (Fsp3) is 0.455. The van der Waals surface area contributed by atoms with Crippen molar-refractivity contribution < 1.29 is 12.8 Å². The molecule has 2 N–H and O–H groups in total. The Kier molecular flexibility index (Phi) is 5.84. The topological polar surface area (TPSA) is 58.2 Å². The minimum absolute atomic E-state index is 0.0635. The van der Waals surface area contributed by atoms with Crippen molar-refractivity contribution in [3.05, 3.63) is 29.0 Å². The molecule has 102 valence electrons. The van der Waals surface area contributed by atoms with E-state index in [1.807, 2.05) is 6.92 Å². The minimum Gasteiger partial charge on any atom is -0.317 e. The quantitative estimate of drug-likeness (QED) is 0.758. The highest BCUT2D eigenvalue weighted by Gasteiger charge is 2.14. The molecule has 0 fully saturated rings. The molecule has 0 aliphatic rings. The van der Waals surface area contributed by atoms with Gasteiger partial charge >= 0.3 is 0 Å². The zero-order valence-corrected chi connectivity index (χ0v) is 11.6. The Bertz CT molecular complexity index is 494. The first-order valence-corrected chi connectivity index (χ1v) is 7.64. The molecule has 1 rings (SSSR count). The second-order valence-electron chi connectivity index (χ2n) is 3.73. The Balaban J connectivity index is 2.62. The molecule has 0 bridgehead atoms. The van der Waals surface area contributed by atoms with Crippen molar-refractivity contribution in [3.8, 4) is 0 Å². The molecule has 0 aliphatic heterocycles. The third-order valence-corrected chi connectivity index (χ3v) is 3.88. The lowest BCUT2D eigenvalue weighted by Crippen LogP contribution is -2.22.